The van der Waals surface area contributed by atoms with Gasteiger partial charge < -0.3 is 14.5 Å². The SMILES string of the molecule is O=C(Cc1csc(-c2ccco2)n1)Nc1ccc(S(=O)(=O)N2CCOCC2)cc1. The first kappa shape index (κ1) is 19.8. The van der Waals surface area contributed by atoms with Gasteiger partial charge in [0, 0.05) is 24.2 Å². The average Bonchev–Trinajstić information content (AvgIpc) is 3.41. The topological polar surface area (TPSA) is 102 Å². The molecule has 29 heavy (non-hydrogen) atoms. The van der Waals surface area contributed by atoms with Crippen LogP contribution in [0.5, 0.6) is 0 Å². The maximum absolute atomic E-state index is 12.6. The summed E-state index contributed by atoms with van der Waals surface area (Å²) in [6.45, 7) is 1.47. The number of ether oxygens (including phenoxy) is 1. The first-order chi connectivity index (χ1) is 14.0. The number of carbonyl (C=O) groups is 1. The van der Waals surface area contributed by atoms with Gasteiger partial charge in [-0.3, -0.25) is 4.79 Å². The fourth-order valence-corrected chi connectivity index (χ4v) is 5.11. The number of anilines is 1. The number of hydrogen-bond donors (Lipinski definition) is 1. The Balaban J connectivity index is 1.38. The highest BCUT2D eigenvalue weighted by atomic mass is 32.2. The molecule has 1 fully saturated rings. The second-order valence-corrected chi connectivity index (χ2v) is 9.18. The van der Waals surface area contributed by atoms with Crippen LogP contribution in [-0.4, -0.2) is 49.9 Å². The third-order valence-electron chi connectivity index (χ3n) is 4.37. The van der Waals surface area contributed by atoms with E-state index in [4.69, 9.17) is 9.15 Å². The molecular weight excluding hydrogens is 414 g/mol. The van der Waals surface area contributed by atoms with Crippen LogP contribution in [0.15, 0.2) is 57.4 Å². The first-order valence-corrected chi connectivity index (χ1v) is 11.3. The Hall–Kier alpha value is -2.53. The summed E-state index contributed by atoms with van der Waals surface area (Å²) in [4.78, 5) is 16.9. The monoisotopic (exact) mass is 433 g/mol. The van der Waals surface area contributed by atoms with E-state index in [2.05, 4.69) is 10.3 Å². The zero-order chi connectivity index (χ0) is 20.3. The van der Waals surface area contributed by atoms with Crippen LogP contribution in [-0.2, 0) is 26.0 Å². The second-order valence-electron chi connectivity index (χ2n) is 6.39. The molecular formula is C19H19N3O5S2. The zero-order valence-electron chi connectivity index (χ0n) is 15.4. The molecule has 0 radical (unpaired) electrons. The molecule has 3 aromatic rings. The van der Waals surface area contributed by atoms with Crippen LogP contribution in [0.25, 0.3) is 10.8 Å². The van der Waals surface area contributed by atoms with Gasteiger partial charge in [-0.1, -0.05) is 0 Å². The van der Waals surface area contributed by atoms with Crippen molar-refractivity contribution in [2.75, 3.05) is 31.6 Å². The molecule has 0 spiro atoms. The maximum Gasteiger partial charge on any atom is 0.243 e. The quantitative estimate of drug-likeness (QED) is 0.641. The van der Waals surface area contributed by atoms with Crippen molar-refractivity contribution in [3.63, 3.8) is 0 Å². The molecule has 0 saturated carbocycles. The molecule has 1 N–H and O–H groups in total. The van der Waals surface area contributed by atoms with Crippen molar-refractivity contribution in [2.45, 2.75) is 11.3 Å². The van der Waals surface area contributed by atoms with Crippen molar-refractivity contribution in [3.05, 3.63) is 53.7 Å². The molecule has 1 saturated heterocycles. The minimum absolute atomic E-state index is 0.116. The predicted octanol–water partition coefficient (Wildman–Crippen LogP) is 2.61. The summed E-state index contributed by atoms with van der Waals surface area (Å²) in [5.74, 6) is 0.434. The van der Waals surface area contributed by atoms with Gasteiger partial charge in [0.05, 0.1) is 36.5 Å². The minimum Gasteiger partial charge on any atom is -0.462 e. The molecule has 3 heterocycles. The Morgan fingerprint density at radius 2 is 1.93 bits per heavy atom. The number of benzene rings is 1. The number of hydrogen-bond acceptors (Lipinski definition) is 7. The zero-order valence-corrected chi connectivity index (χ0v) is 17.0. The third kappa shape index (κ3) is 4.56. The molecule has 152 valence electrons. The Labute approximate surface area is 172 Å². The summed E-state index contributed by atoms with van der Waals surface area (Å²) in [6, 6.07) is 9.76. The van der Waals surface area contributed by atoms with Crippen molar-refractivity contribution in [2.24, 2.45) is 0 Å². The van der Waals surface area contributed by atoms with E-state index >= 15 is 0 Å². The van der Waals surface area contributed by atoms with Crippen LogP contribution >= 0.6 is 11.3 Å². The van der Waals surface area contributed by atoms with Gasteiger partial charge in [0.1, 0.15) is 0 Å². The van der Waals surface area contributed by atoms with Crippen LogP contribution in [0, 0.1) is 0 Å². The van der Waals surface area contributed by atoms with Gasteiger partial charge in [0.25, 0.3) is 0 Å². The Morgan fingerprint density at radius 1 is 1.17 bits per heavy atom. The summed E-state index contributed by atoms with van der Waals surface area (Å²) in [5.41, 5.74) is 1.17. The van der Waals surface area contributed by atoms with E-state index in [9.17, 15) is 13.2 Å². The Morgan fingerprint density at radius 3 is 2.62 bits per heavy atom. The molecule has 1 aliphatic heterocycles. The molecule has 1 aliphatic rings. The molecule has 2 aromatic heterocycles. The smallest absolute Gasteiger partial charge is 0.243 e. The lowest BCUT2D eigenvalue weighted by atomic mass is 10.3. The van der Waals surface area contributed by atoms with Crippen LogP contribution in [0.4, 0.5) is 5.69 Å². The van der Waals surface area contributed by atoms with E-state index in [1.165, 1.54) is 27.8 Å². The standard InChI is InChI=1S/C19H19N3O5S2/c23-18(12-15-13-28-19(21-15)17-2-1-9-27-17)20-14-3-5-16(6-4-14)29(24,25)22-7-10-26-11-8-22/h1-6,9,13H,7-8,10-12H2,(H,20,23). The van der Waals surface area contributed by atoms with Gasteiger partial charge in [-0.15, -0.1) is 11.3 Å². The molecule has 4 rings (SSSR count). The number of morpholine rings is 1. The lowest BCUT2D eigenvalue weighted by Crippen LogP contribution is -2.40. The van der Waals surface area contributed by atoms with E-state index < -0.39 is 10.0 Å². The van der Waals surface area contributed by atoms with Gasteiger partial charge in [-0.25, -0.2) is 13.4 Å². The highest BCUT2D eigenvalue weighted by Gasteiger charge is 2.26. The van der Waals surface area contributed by atoms with Gasteiger partial charge in [-0.05, 0) is 36.4 Å². The summed E-state index contributed by atoms with van der Waals surface area (Å²) in [6.07, 6.45) is 1.69. The number of amides is 1. The maximum atomic E-state index is 12.6. The minimum atomic E-state index is -3.55. The van der Waals surface area contributed by atoms with Crippen molar-refractivity contribution in [1.82, 2.24) is 9.29 Å². The normalized spacial score (nSPS) is 15.3. The number of nitrogens with one attached hydrogen (secondary N) is 1. The number of carbonyl (C=O) groups excluding carboxylic acids is 1. The molecule has 0 atom stereocenters. The highest BCUT2D eigenvalue weighted by Crippen LogP contribution is 2.24. The third-order valence-corrected chi connectivity index (χ3v) is 7.19. The van der Waals surface area contributed by atoms with Crippen LogP contribution in [0.2, 0.25) is 0 Å². The molecule has 0 unspecified atom stereocenters. The summed E-state index contributed by atoms with van der Waals surface area (Å²) < 4.78 is 37.2. The number of nitrogens with zero attached hydrogens (tertiary/aromatic N) is 2. The molecule has 8 nitrogen and oxygen atoms in total. The number of sulfonamides is 1. The van der Waals surface area contributed by atoms with Crippen molar-refractivity contribution < 1.29 is 22.4 Å². The van der Waals surface area contributed by atoms with Gasteiger partial charge in [0.2, 0.25) is 15.9 Å². The number of aromatic nitrogens is 1. The molecule has 1 aromatic carbocycles. The molecule has 10 heteroatoms. The number of thiazole rings is 1. The number of rotatable bonds is 6. The van der Waals surface area contributed by atoms with E-state index in [-0.39, 0.29) is 17.2 Å². The fraction of sp³-hybridized carbons (Fsp3) is 0.263. The van der Waals surface area contributed by atoms with Crippen LogP contribution in [0.3, 0.4) is 0 Å². The lowest BCUT2D eigenvalue weighted by molar-refractivity contribution is -0.115. The predicted molar refractivity (Wildman–Crippen MR) is 108 cm³/mol. The van der Waals surface area contributed by atoms with Crippen LogP contribution < -0.4 is 5.32 Å². The largest absolute Gasteiger partial charge is 0.462 e. The van der Waals surface area contributed by atoms with E-state index in [0.29, 0.717) is 43.4 Å². The number of furan rings is 1. The van der Waals surface area contributed by atoms with Gasteiger partial charge in [0.15, 0.2) is 10.8 Å². The highest BCUT2D eigenvalue weighted by molar-refractivity contribution is 7.89. The summed E-state index contributed by atoms with van der Waals surface area (Å²) >= 11 is 1.41. The first-order valence-electron chi connectivity index (χ1n) is 8.98. The summed E-state index contributed by atoms with van der Waals surface area (Å²) in [5, 5.41) is 5.30. The molecule has 0 aliphatic carbocycles. The lowest BCUT2D eigenvalue weighted by Gasteiger charge is -2.26. The summed E-state index contributed by atoms with van der Waals surface area (Å²) in [7, 11) is -3.55. The van der Waals surface area contributed by atoms with Crippen LogP contribution in [0.1, 0.15) is 5.69 Å². The van der Waals surface area contributed by atoms with E-state index in [1.807, 2.05) is 11.4 Å². The second kappa shape index (κ2) is 8.46. The fourth-order valence-electron chi connectivity index (χ4n) is 2.92. The van der Waals surface area contributed by atoms with Gasteiger partial charge in [-0.2, -0.15) is 4.31 Å². The van der Waals surface area contributed by atoms with E-state index in [0.717, 1.165) is 5.01 Å². The molecule has 0 bridgehead atoms. The molecule has 1 amide bonds. The van der Waals surface area contributed by atoms with E-state index in [1.54, 1.807) is 24.5 Å². The van der Waals surface area contributed by atoms with Crippen molar-refractivity contribution in [3.8, 4) is 10.8 Å². The Kier molecular flexibility index (Phi) is 5.76. The van der Waals surface area contributed by atoms with Crippen molar-refractivity contribution in [1.29, 1.82) is 0 Å². The van der Waals surface area contributed by atoms with Crippen molar-refractivity contribution >= 4 is 33.0 Å². The average molecular weight is 434 g/mol. The Bertz CT molecular complexity index is 1070. The van der Waals surface area contributed by atoms with Gasteiger partial charge >= 0.3 is 0 Å².